The third-order valence-electron chi connectivity index (χ3n) is 2.17. The highest BCUT2D eigenvalue weighted by Crippen LogP contribution is 2.07. The average molecular weight is 194 g/mol. The van der Waals surface area contributed by atoms with Crippen molar-refractivity contribution in [1.29, 1.82) is 0 Å². The fraction of sp³-hybridized carbons (Fsp3) is 0.545. The number of hydrogen-bond acceptors (Lipinski definition) is 3. The van der Waals surface area contributed by atoms with E-state index in [2.05, 4.69) is 23.9 Å². The summed E-state index contributed by atoms with van der Waals surface area (Å²) in [6.07, 6.45) is 1.77. The predicted molar refractivity (Wildman–Crippen MR) is 57.6 cm³/mol. The molecule has 0 aliphatic rings. The first-order valence-electron chi connectivity index (χ1n) is 4.96. The van der Waals surface area contributed by atoms with Crippen molar-refractivity contribution in [2.24, 2.45) is 0 Å². The van der Waals surface area contributed by atoms with Gasteiger partial charge >= 0.3 is 0 Å². The van der Waals surface area contributed by atoms with E-state index in [-0.39, 0.29) is 0 Å². The molecule has 0 bridgehead atoms. The van der Waals surface area contributed by atoms with Gasteiger partial charge in [-0.3, -0.25) is 4.98 Å². The maximum Gasteiger partial charge on any atom is 0.137 e. The lowest BCUT2D eigenvalue weighted by atomic mass is 10.4. The molecule has 0 spiro atoms. The van der Waals surface area contributed by atoms with Crippen LogP contribution < -0.4 is 4.74 Å². The molecule has 3 heteroatoms. The van der Waals surface area contributed by atoms with Crippen LogP contribution in [-0.4, -0.2) is 36.6 Å². The lowest BCUT2D eigenvalue weighted by Gasteiger charge is -2.13. The number of rotatable bonds is 5. The van der Waals surface area contributed by atoms with Crippen LogP contribution in [0.3, 0.4) is 0 Å². The van der Waals surface area contributed by atoms with Crippen molar-refractivity contribution >= 4 is 0 Å². The normalized spacial score (nSPS) is 10.6. The number of ether oxygens (including phenoxy) is 1. The largest absolute Gasteiger partial charge is 0.491 e. The molecule has 0 N–H and O–H groups in total. The third-order valence-corrected chi connectivity index (χ3v) is 2.17. The first-order chi connectivity index (χ1) is 6.72. The number of nitrogens with zero attached hydrogens (tertiary/aromatic N) is 2. The highest BCUT2D eigenvalue weighted by molar-refractivity contribution is 5.18. The zero-order chi connectivity index (χ0) is 10.4. The highest BCUT2D eigenvalue weighted by atomic mass is 16.5. The van der Waals surface area contributed by atoms with E-state index in [0.717, 1.165) is 31.1 Å². The van der Waals surface area contributed by atoms with Crippen molar-refractivity contribution in [2.45, 2.75) is 13.8 Å². The smallest absolute Gasteiger partial charge is 0.137 e. The molecule has 1 aromatic rings. The first-order valence-corrected chi connectivity index (χ1v) is 4.96. The Hall–Kier alpha value is -1.09. The minimum atomic E-state index is 0.717. The van der Waals surface area contributed by atoms with Gasteiger partial charge in [0.1, 0.15) is 12.4 Å². The van der Waals surface area contributed by atoms with Gasteiger partial charge in [-0.1, -0.05) is 6.92 Å². The Morgan fingerprint density at radius 3 is 2.79 bits per heavy atom. The summed E-state index contributed by atoms with van der Waals surface area (Å²) in [5.41, 5.74) is 1.02. The van der Waals surface area contributed by atoms with E-state index in [1.54, 1.807) is 6.20 Å². The van der Waals surface area contributed by atoms with Gasteiger partial charge in [-0.15, -0.1) is 0 Å². The van der Waals surface area contributed by atoms with E-state index in [1.165, 1.54) is 0 Å². The molecule has 1 rings (SSSR count). The molecule has 0 aliphatic carbocycles. The van der Waals surface area contributed by atoms with Gasteiger partial charge in [0.15, 0.2) is 0 Å². The Bertz CT molecular complexity index is 258. The number of hydrogen-bond donors (Lipinski definition) is 0. The van der Waals surface area contributed by atoms with Crippen molar-refractivity contribution in [1.82, 2.24) is 9.88 Å². The second-order valence-electron chi connectivity index (χ2n) is 3.38. The molecule has 1 aromatic heterocycles. The quantitative estimate of drug-likeness (QED) is 0.713. The Balaban J connectivity index is 2.28. The number of pyridine rings is 1. The molecule has 0 amide bonds. The molecule has 0 saturated carbocycles. The van der Waals surface area contributed by atoms with Gasteiger partial charge in [-0.2, -0.15) is 0 Å². The summed E-state index contributed by atoms with van der Waals surface area (Å²) in [7, 11) is 2.08. The molecule has 0 atom stereocenters. The van der Waals surface area contributed by atoms with Crippen LogP contribution >= 0.6 is 0 Å². The van der Waals surface area contributed by atoms with Gasteiger partial charge in [-0.25, -0.2) is 0 Å². The zero-order valence-electron chi connectivity index (χ0n) is 9.16. The molecule has 0 saturated heterocycles. The Morgan fingerprint density at radius 2 is 2.21 bits per heavy atom. The summed E-state index contributed by atoms with van der Waals surface area (Å²) < 4.78 is 5.53. The minimum absolute atomic E-state index is 0.717. The van der Waals surface area contributed by atoms with Crippen LogP contribution in [0.4, 0.5) is 0 Å². The maximum atomic E-state index is 5.53. The molecule has 78 valence electrons. The standard InChI is InChI=1S/C11H18N2O/c1-4-13(3)7-8-14-11-6-5-10(2)12-9-11/h5-6,9H,4,7-8H2,1-3H3. The fourth-order valence-corrected chi connectivity index (χ4v) is 1.02. The summed E-state index contributed by atoms with van der Waals surface area (Å²) in [6.45, 7) is 6.82. The van der Waals surface area contributed by atoms with E-state index < -0.39 is 0 Å². The molecule has 14 heavy (non-hydrogen) atoms. The van der Waals surface area contributed by atoms with Crippen LogP contribution in [0.25, 0.3) is 0 Å². The molecule has 0 aromatic carbocycles. The number of aromatic nitrogens is 1. The minimum Gasteiger partial charge on any atom is -0.491 e. The Kier molecular flexibility index (Phi) is 4.40. The number of aryl methyl sites for hydroxylation is 1. The first kappa shape index (κ1) is 11.0. The molecule has 1 heterocycles. The van der Waals surface area contributed by atoms with E-state index in [4.69, 9.17) is 4.74 Å². The molecular formula is C11H18N2O. The second kappa shape index (κ2) is 5.60. The van der Waals surface area contributed by atoms with Gasteiger partial charge in [-0.05, 0) is 32.6 Å². The van der Waals surface area contributed by atoms with Crippen LogP contribution in [0.15, 0.2) is 18.3 Å². The molecule has 0 radical (unpaired) electrons. The lowest BCUT2D eigenvalue weighted by Crippen LogP contribution is -2.23. The lowest BCUT2D eigenvalue weighted by molar-refractivity contribution is 0.243. The van der Waals surface area contributed by atoms with Crippen molar-refractivity contribution in [3.63, 3.8) is 0 Å². The van der Waals surface area contributed by atoms with Crippen LogP contribution in [0.1, 0.15) is 12.6 Å². The Morgan fingerprint density at radius 1 is 1.43 bits per heavy atom. The van der Waals surface area contributed by atoms with Crippen molar-refractivity contribution in [3.05, 3.63) is 24.0 Å². The van der Waals surface area contributed by atoms with E-state index >= 15 is 0 Å². The van der Waals surface area contributed by atoms with E-state index in [1.807, 2.05) is 19.1 Å². The molecule has 0 aliphatic heterocycles. The van der Waals surface area contributed by atoms with Gasteiger partial charge in [0.25, 0.3) is 0 Å². The van der Waals surface area contributed by atoms with Crippen LogP contribution in [0, 0.1) is 6.92 Å². The van der Waals surface area contributed by atoms with Gasteiger partial charge in [0.2, 0.25) is 0 Å². The monoisotopic (exact) mass is 194 g/mol. The molecule has 0 fully saturated rings. The zero-order valence-corrected chi connectivity index (χ0v) is 9.16. The van der Waals surface area contributed by atoms with Crippen molar-refractivity contribution in [2.75, 3.05) is 26.7 Å². The van der Waals surface area contributed by atoms with Crippen LogP contribution in [0.5, 0.6) is 5.75 Å². The molecule has 3 nitrogen and oxygen atoms in total. The summed E-state index contributed by atoms with van der Waals surface area (Å²) in [5, 5.41) is 0. The third kappa shape index (κ3) is 3.75. The van der Waals surface area contributed by atoms with Crippen LogP contribution in [-0.2, 0) is 0 Å². The summed E-state index contributed by atoms with van der Waals surface area (Å²) in [5.74, 6) is 0.847. The van der Waals surface area contributed by atoms with Gasteiger partial charge in [0, 0.05) is 12.2 Å². The van der Waals surface area contributed by atoms with Crippen LogP contribution in [0.2, 0.25) is 0 Å². The molecular weight excluding hydrogens is 176 g/mol. The summed E-state index contributed by atoms with van der Waals surface area (Å²) in [6, 6.07) is 3.91. The summed E-state index contributed by atoms with van der Waals surface area (Å²) in [4.78, 5) is 6.37. The van der Waals surface area contributed by atoms with Crippen molar-refractivity contribution < 1.29 is 4.74 Å². The fourth-order valence-electron chi connectivity index (χ4n) is 1.02. The van der Waals surface area contributed by atoms with E-state index in [0.29, 0.717) is 0 Å². The van der Waals surface area contributed by atoms with E-state index in [9.17, 15) is 0 Å². The van der Waals surface area contributed by atoms with Crippen molar-refractivity contribution in [3.8, 4) is 5.75 Å². The average Bonchev–Trinajstić information content (AvgIpc) is 2.21. The van der Waals surface area contributed by atoms with Gasteiger partial charge in [0.05, 0.1) is 6.20 Å². The summed E-state index contributed by atoms with van der Waals surface area (Å²) >= 11 is 0. The SMILES string of the molecule is CCN(C)CCOc1ccc(C)nc1. The number of likely N-dealkylation sites (N-methyl/N-ethyl adjacent to an activating group) is 1. The highest BCUT2D eigenvalue weighted by Gasteiger charge is 1.96. The topological polar surface area (TPSA) is 25.4 Å². The Labute approximate surface area is 85.7 Å². The molecule has 0 unspecified atom stereocenters. The predicted octanol–water partition coefficient (Wildman–Crippen LogP) is 1.72. The second-order valence-corrected chi connectivity index (χ2v) is 3.38. The maximum absolute atomic E-state index is 5.53. The van der Waals surface area contributed by atoms with Gasteiger partial charge < -0.3 is 9.64 Å².